The summed E-state index contributed by atoms with van der Waals surface area (Å²) < 4.78 is 16.4. The third kappa shape index (κ3) is 1.80. The first kappa shape index (κ1) is 10.7. The van der Waals surface area contributed by atoms with E-state index in [-0.39, 0.29) is 12.7 Å². The van der Waals surface area contributed by atoms with Crippen molar-refractivity contribution in [1.82, 2.24) is 0 Å². The largest absolute Gasteiger partial charge is 0.394 e. The average Bonchev–Trinajstić information content (AvgIpc) is 2.61. The minimum Gasteiger partial charge on any atom is -0.394 e. The Morgan fingerprint density at radius 1 is 1.40 bits per heavy atom. The number of hydrogen-bond acceptors (Lipinski definition) is 5. The zero-order chi connectivity index (χ0) is 11.1. The Kier molecular flexibility index (Phi) is 2.57. The highest BCUT2D eigenvalue weighted by atomic mass is 16.8. The number of aliphatic hydroxyl groups is 1. The number of hydrogen-bond donors (Lipinski definition) is 1. The van der Waals surface area contributed by atoms with Gasteiger partial charge in [-0.1, -0.05) is 5.11 Å². The molecule has 2 aliphatic rings. The number of fused-ring (bicyclic) bond motifs is 1. The summed E-state index contributed by atoms with van der Waals surface area (Å²) >= 11 is 0. The van der Waals surface area contributed by atoms with Gasteiger partial charge in [0, 0.05) is 4.91 Å². The maximum absolute atomic E-state index is 9.07. The molecule has 0 bridgehead atoms. The van der Waals surface area contributed by atoms with Crippen LogP contribution in [0, 0.1) is 0 Å². The van der Waals surface area contributed by atoms with Gasteiger partial charge >= 0.3 is 0 Å². The van der Waals surface area contributed by atoms with Gasteiger partial charge in [-0.25, -0.2) is 0 Å². The second-order valence-electron chi connectivity index (χ2n) is 4.02. The molecule has 7 heteroatoms. The molecule has 1 N–H and O–H groups in total. The van der Waals surface area contributed by atoms with Crippen LogP contribution in [-0.4, -0.2) is 42.0 Å². The van der Waals surface area contributed by atoms with E-state index < -0.39 is 24.2 Å². The van der Waals surface area contributed by atoms with Crippen molar-refractivity contribution in [3.63, 3.8) is 0 Å². The van der Waals surface area contributed by atoms with Crippen LogP contribution in [0.3, 0.4) is 0 Å². The van der Waals surface area contributed by atoms with Crippen molar-refractivity contribution < 1.29 is 19.3 Å². The van der Waals surface area contributed by atoms with Gasteiger partial charge in [-0.15, -0.1) is 0 Å². The summed E-state index contributed by atoms with van der Waals surface area (Å²) in [5.74, 6) is -0.726. The van der Waals surface area contributed by atoms with Gasteiger partial charge in [0.25, 0.3) is 0 Å². The Morgan fingerprint density at radius 2 is 2.07 bits per heavy atom. The van der Waals surface area contributed by atoms with E-state index in [0.29, 0.717) is 0 Å². The van der Waals surface area contributed by atoms with E-state index in [9.17, 15) is 0 Å². The lowest BCUT2D eigenvalue weighted by Gasteiger charge is -2.21. The molecular formula is C8H13N3O4. The monoisotopic (exact) mass is 215 g/mol. The van der Waals surface area contributed by atoms with E-state index in [1.165, 1.54) is 0 Å². The lowest BCUT2D eigenvalue weighted by molar-refractivity contribution is -0.189. The summed E-state index contributed by atoms with van der Waals surface area (Å²) in [5, 5.41) is 12.5. The van der Waals surface area contributed by atoms with Crippen molar-refractivity contribution in [3.05, 3.63) is 10.4 Å². The highest BCUT2D eigenvalue weighted by Crippen LogP contribution is 2.38. The summed E-state index contributed by atoms with van der Waals surface area (Å²) in [6.45, 7) is 3.36. The summed E-state index contributed by atoms with van der Waals surface area (Å²) in [7, 11) is 0. The molecule has 2 rings (SSSR count). The molecule has 2 saturated heterocycles. The molecule has 0 aromatic heterocycles. The van der Waals surface area contributed by atoms with Crippen LogP contribution in [0.1, 0.15) is 13.8 Å². The number of ether oxygens (including phenoxy) is 3. The van der Waals surface area contributed by atoms with E-state index in [1.54, 1.807) is 13.8 Å². The van der Waals surface area contributed by atoms with Gasteiger partial charge in [0.1, 0.15) is 18.3 Å². The minimum atomic E-state index is -0.726. The molecule has 7 nitrogen and oxygen atoms in total. The number of aliphatic hydroxyl groups excluding tert-OH is 1. The van der Waals surface area contributed by atoms with Crippen molar-refractivity contribution in [2.24, 2.45) is 5.11 Å². The van der Waals surface area contributed by atoms with Crippen LogP contribution in [0.25, 0.3) is 10.4 Å². The summed E-state index contributed by atoms with van der Waals surface area (Å²) in [6, 6.07) is 0. The first-order chi connectivity index (χ1) is 7.07. The van der Waals surface area contributed by atoms with Crippen molar-refractivity contribution >= 4 is 0 Å². The lowest BCUT2D eigenvalue weighted by Crippen LogP contribution is -2.31. The van der Waals surface area contributed by atoms with Crippen molar-refractivity contribution in [3.8, 4) is 0 Å². The fourth-order valence-electron chi connectivity index (χ4n) is 1.95. The fourth-order valence-corrected chi connectivity index (χ4v) is 1.95. The molecular weight excluding hydrogens is 202 g/mol. The van der Waals surface area contributed by atoms with Gasteiger partial charge in [-0.3, -0.25) is 0 Å². The number of azide groups is 1. The zero-order valence-electron chi connectivity index (χ0n) is 8.53. The third-order valence-electron chi connectivity index (χ3n) is 2.47. The topological polar surface area (TPSA) is 96.7 Å². The Balaban J connectivity index is 2.18. The highest BCUT2D eigenvalue weighted by Gasteiger charge is 2.54. The Bertz CT molecular complexity index is 302. The summed E-state index contributed by atoms with van der Waals surface area (Å²) in [6.07, 6.45) is -2.03. The number of rotatable bonds is 2. The second kappa shape index (κ2) is 3.62. The molecule has 4 atom stereocenters. The first-order valence-corrected chi connectivity index (χ1v) is 4.73. The molecule has 0 spiro atoms. The van der Waals surface area contributed by atoms with E-state index in [0.717, 1.165) is 0 Å². The summed E-state index contributed by atoms with van der Waals surface area (Å²) in [5.41, 5.74) is 8.36. The zero-order valence-corrected chi connectivity index (χ0v) is 8.53. The molecule has 0 aromatic carbocycles. The molecule has 0 aliphatic carbocycles. The van der Waals surface area contributed by atoms with Crippen LogP contribution in [0.15, 0.2) is 5.11 Å². The number of nitrogens with zero attached hydrogens (tertiary/aromatic N) is 3. The van der Waals surface area contributed by atoms with Crippen molar-refractivity contribution in [1.29, 1.82) is 0 Å². The van der Waals surface area contributed by atoms with Gasteiger partial charge < -0.3 is 19.3 Å². The molecule has 0 unspecified atom stereocenters. The molecule has 2 fully saturated rings. The predicted octanol–water partition coefficient (Wildman–Crippen LogP) is 0.534. The second-order valence-corrected chi connectivity index (χ2v) is 4.02. The average molecular weight is 215 g/mol. The standard InChI is InChI=1S/C8H13N3O4/c1-8(2)14-5-4(3-12)13-7(10-11-9)6(5)15-8/h4-7,12H,3H2,1-2H3/t4-,5-,6-,7-/m1/s1. The fraction of sp³-hybridized carbons (Fsp3) is 1.00. The predicted molar refractivity (Wildman–Crippen MR) is 48.7 cm³/mol. The van der Waals surface area contributed by atoms with Gasteiger partial charge in [0.2, 0.25) is 0 Å². The third-order valence-corrected chi connectivity index (χ3v) is 2.47. The maximum Gasteiger partial charge on any atom is 0.165 e. The Morgan fingerprint density at radius 3 is 2.67 bits per heavy atom. The van der Waals surface area contributed by atoms with Crippen LogP contribution >= 0.6 is 0 Å². The van der Waals surface area contributed by atoms with E-state index >= 15 is 0 Å². The van der Waals surface area contributed by atoms with Crippen molar-refractivity contribution in [2.75, 3.05) is 6.61 Å². The normalized spacial score (nSPS) is 42.3. The van der Waals surface area contributed by atoms with E-state index in [1.807, 2.05) is 0 Å². The molecule has 15 heavy (non-hydrogen) atoms. The van der Waals surface area contributed by atoms with E-state index in [2.05, 4.69) is 10.0 Å². The molecule has 2 heterocycles. The van der Waals surface area contributed by atoms with Crippen LogP contribution in [0.4, 0.5) is 0 Å². The molecule has 0 saturated carbocycles. The Hall–Kier alpha value is -0.850. The van der Waals surface area contributed by atoms with Gasteiger partial charge in [-0.2, -0.15) is 0 Å². The lowest BCUT2D eigenvalue weighted by atomic mass is 10.1. The minimum absolute atomic E-state index is 0.182. The van der Waals surface area contributed by atoms with Gasteiger partial charge in [0.15, 0.2) is 12.0 Å². The molecule has 84 valence electrons. The van der Waals surface area contributed by atoms with Crippen LogP contribution < -0.4 is 0 Å². The van der Waals surface area contributed by atoms with Gasteiger partial charge in [0.05, 0.1) is 6.61 Å². The Labute approximate surface area is 86.6 Å². The van der Waals surface area contributed by atoms with Crippen LogP contribution in [0.5, 0.6) is 0 Å². The molecule has 0 aromatic rings. The SMILES string of the molecule is CC1(C)O[C@@H]2[C@H](O1)[C@@H](CO)O[C@H]2N=[N+]=[N-]. The first-order valence-electron chi connectivity index (χ1n) is 4.73. The highest BCUT2D eigenvalue weighted by molar-refractivity contribution is 4.96. The maximum atomic E-state index is 9.07. The quantitative estimate of drug-likeness (QED) is 0.413. The van der Waals surface area contributed by atoms with E-state index in [4.69, 9.17) is 24.8 Å². The molecule has 2 aliphatic heterocycles. The summed E-state index contributed by atoms with van der Waals surface area (Å²) in [4.78, 5) is 2.68. The smallest absolute Gasteiger partial charge is 0.165 e. The molecule has 0 amide bonds. The van der Waals surface area contributed by atoms with Crippen LogP contribution in [0.2, 0.25) is 0 Å². The van der Waals surface area contributed by atoms with Crippen LogP contribution in [-0.2, 0) is 14.2 Å². The van der Waals surface area contributed by atoms with Gasteiger partial charge in [-0.05, 0) is 19.4 Å². The molecule has 0 radical (unpaired) electrons. The van der Waals surface area contributed by atoms with Crippen molar-refractivity contribution in [2.45, 2.75) is 44.2 Å².